The fourth-order valence-electron chi connectivity index (χ4n) is 2.68. The number of amides is 1. The highest BCUT2D eigenvalue weighted by Crippen LogP contribution is 2.42. The molecule has 0 radical (unpaired) electrons. The van der Waals surface area contributed by atoms with Gasteiger partial charge in [0, 0.05) is 5.69 Å². The molecule has 102 valence electrons. The Morgan fingerprint density at radius 3 is 2.05 bits per heavy atom. The minimum absolute atomic E-state index is 0.388. The average Bonchev–Trinajstić information content (AvgIpc) is 2.20. The van der Waals surface area contributed by atoms with Crippen molar-refractivity contribution >= 4 is 17.6 Å². The Morgan fingerprint density at radius 2 is 1.68 bits per heavy atom. The van der Waals surface area contributed by atoms with E-state index in [9.17, 15) is 14.7 Å². The molecule has 0 aromatic heterocycles. The number of carbonyl (C=O) groups excluding carboxylic acids is 1. The van der Waals surface area contributed by atoms with Crippen LogP contribution in [0.2, 0.25) is 0 Å². The van der Waals surface area contributed by atoms with Crippen molar-refractivity contribution in [1.82, 2.24) is 0 Å². The second kappa shape index (κ2) is 4.68. The van der Waals surface area contributed by atoms with Crippen LogP contribution < -0.4 is 5.32 Å². The molecule has 1 aromatic carbocycles. The van der Waals surface area contributed by atoms with Crippen molar-refractivity contribution in [3.05, 3.63) is 28.8 Å². The summed E-state index contributed by atoms with van der Waals surface area (Å²) in [5.41, 5.74) is 2.58. The van der Waals surface area contributed by atoms with Crippen molar-refractivity contribution < 1.29 is 14.7 Å². The summed E-state index contributed by atoms with van der Waals surface area (Å²) in [6.07, 6.45) is 1.65. The van der Waals surface area contributed by atoms with E-state index >= 15 is 0 Å². The number of carbonyl (C=O) groups is 2. The highest BCUT2D eigenvalue weighted by Gasteiger charge is 2.51. The van der Waals surface area contributed by atoms with Gasteiger partial charge in [-0.05, 0) is 44.7 Å². The Kier molecular flexibility index (Phi) is 3.35. The van der Waals surface area contributed by atoms with Gasteiger partial charge in [-0.1, -0.05) is 24.1 Å². The first kappa shape index (κ1) is 13.6. The first-order valence-electron chi connectivity index (χ1n) is 6.49. The van der Waals surface area contributed by atoms with E-state index in [1.165, 1.54) is 0 Å². The average molecular weight is 261 g/mol. The van der Waals surface area contributed by atoms with Crippen molar-refractivity contribution in [2.75, 3.05) is 5.32 Å². The lowest BCUT2D eigenvalue weighted by Gasteiger charge is -2.36. The highest BCUT2D eigenvalue weighted by molar-refractivity contribution is 6.09. The monoisotopic (exact) mass is 261 g/mol. The van der Waals surface area contributed by atoms with Crippen LogP contribution >= 0.6 is 0 Å². The number of rotatable bonds is 3. The lowest BCUT2D eigenvalue weighted by atomic mass is 9.68. The molecule has 1 saturated carbocycles. The van der Waals surface area contributed by atoms with Crippen LogP contribution in [0.15, 0.2) is 12.1 Å². The normalized spacial score (nSPS) is 16.6. The molecule has 1 aliphatic rings. The number of aryl methyl sites for hydroxylation is 3. The third kappa shape index (κ3) is 2.23. The maximum atomic E-state index is 12.3. The van der Waals surface area contributed by atoms with Gasteiger partial charge in [-0.25, -0.2) is 0 Å². The molecule has 2 N–H and O–H groups in total. The predicted octanol–water partition coefficient (Wildman–Crippen LogP) is 2.81. The fourth-order valence-corrected chi connectivity index (χ4v) is 2.68. The Morgan fingerprint density at radius 1 is 1.16 bits per heavy atom. The zero-order chi connectivity index (χ0) is 14.2. The molecule has 2 rings (SSSR count). The second-order valence-corrected chi connectivity index (χ2v) is 5.47. The van der Waals surface area contributed by atoms with Gasteiger partial charge in [0.25, 0.3) is 0 Å². The molecular formula is C15H19NO3. The third-order valence-electron chi connectivity index (χ3n) is 3.97. The molecule has 0 bridgehead atoms. The smallest absolute Gasteiger partial charge is 0.319 e. The van der Waals surface area contributed by atoms with Crippen LogP contribution in [-0.2, 0) is 9.59 Å². The predicted molar refractivity (Wildman–Crippen MR) is 73.2 cm³/mol. The Balaban J connectivity index is 2.27. The summed E-state index contributed by atoms with van der Waals surface area (Å²) in [5, 5.41) is 12.1. The number of aliphatic carboxylic acids is 1. The zero-order valence-electron chi connectivity index (χ0n) is 11.5. The molecule has 1 fully saturated rings. The van der Waals surface area contributed by atoms with E-state index in [0.717, 1.165) is 28.8 Å². The lowest BCUT2D eigenvalue weighted by Crippen LogP contribution is -2.48. The van der Waals surface area contributed by atoms with Gasteiger partial charge >= 0.3 is 5.97 Å². The van der Waals surface area contributed by atoms with E-state index in [1.54, 1.807) is 0 Å². The van der Waals surface area contributed by atoms with Crippen LogP contribution in [0.4, 0.5) is 5.69 Å². The van der Waals surface area contributed by atoms with Crippen LogP contribution in [0.1, 0.15) is 36.0 Å². The molecule has 0 spiro atoms. The molecule has 1 aliphatic carbocycles. The van der Waals surface area contributed by atoms with Crippen molar-refractivity contribution in [2.45, 2.75) is 40.0 Å². The Labute approximate surface area is 112 Å². The van der Waals surface area contributed by atoms with Crippen LogP contribution in [0.5, 0.6) is 0 Å². The maximum absolute atomic E-state index is 12.3. The largest absolute Gasteiger partial charge is 0.480 e. The third-order valence-corrected chi connectivity index (χ3v) is 3.97. The Bertz CT molecular complexity index is 521. The number of hydrogen-bond acceptors (Lipinski definition) is 2. The first-order valence-corrected chi connectivity index (χ1v) is 6.49. The minimum Gasteiger partial charge on any atom is -0.480 e. The first-order chi connectivity index (χ1) is 8.86. The minimum atomic E-state index is -1.22. The summed E-state index contributed by atoms with van der Waals surface area (Å²) in [4.78, 5) is 23.6. The number of nitrogens with one attached hydrogen (secondary N) is 1. The zero-order valence-corrected chi connectivity index (χ0v) is 11.5. The van der Waals surface area contributed by atoms with E-state index < -0.39 is 11.4 Å². The number of anilines is 1. The number of benzene rings is 1. The van der Waals surface area contributed by atoms with Crippen molar-refractivity contribution in [3.8, 4) is 0 Å². The molecule has 0 atom stereocenters. The van der Waals surface area contributed by atoms with Gasteiger partial charge in [-0.15, -0.1) is 0 Å². The highest BCUT2D eigenvalue weighted by atomic mass is 16.4. The quantitative estimate of drug-likeness (QED) is 0.822. The van der Waals surface area contributed by atoms with E-state index in [-0.39, 0.29) is 5.91 Å². The molecule has 0 saturated heterocycles. The van der Waals surface area contributed by atoms with Gasteiger partial charge in [-0.3, -0.25) is 9.59 Å². The van der Waals surface area contributed by atoms with Crippen LogP contribution in [0.3, 0.4) is 0 Å². The molecule has 0 unspecified atom stereocenters. The second-order valence-electron chi connectivity index (χ2n) is 5.47. The summed E-state index contributed by atoms with van der Waals surface area (Å²) in [5.74, 6) is -1.40. The Hall–Kier alpha value is -1.84. The fraction of sp³-hybridized carbons (Fsp3) is 0.467. The molecule has 1 aromatic rings. The molecule has 4 heteroatoms. The van der Waals surface area contributed by atoms with Gasteiger partial charge in [0.1, 0.15) is 5.41 Å². The van der Waals surface area contributed by atoms with Gasteiger partial charge in [-0.2, -0.15) is 0 Å². The van der Waals surface area contributed by atoms with Crippen molar-refractivity contribution in [3.63, 3.8) is 0 Å². The molecule has 1 amide bonds. The number of carboxylic acid groups (broad SMARTS) is 1. The molecular weight excluding hydrogens is 242 g/mol. The molecule has 19 heavy (non-hydrogen) atoms. The lowest BCUT2D eigenvalue weighted by molar-refractivity contribution is -0.159. The van der Waals surface area contributed by atoms with Crippen molar-refractivity contribution in [1.29, 1.82) is 0 Å². The molecule has 0 heterocycles. The SMILES string of the molecule is Cc1cc(C)c(NC(=O)C2(C(=O)O)CCC2)c(C)c1. The standard InChI is InChI=1S/C15H19NO3/c1-9-7-10(2)12(11(3)8-9)16-13(17)15(14(18)19)5-4-6-15/h7-8H,4-6H2,1-3H3,(H,16,17)(H,18,19). The number of hydrogen-bond donors (Lipinski definition) is 2. The molecule has 0 aliphatic heterocycles. The van der Waals surface area contributed by atoms with Crippen LogP contribution in [-0.4, -0.2) is 17.0 Å². The van der Waals surface area contributed by atoms with Gasteiger partial charge in [0.15, 0.2) is 0 Å². The van der Waals surface area contributed by atoms with Crippen LogP contribution in [0.25, 0.3) is 0 Å². The molecule has 4 nitrogen and oxygen atoms in total. The van der Waals surface area contributed by atoms with Crippen molar-refractivity contribution in [2.24, 2.45) is 5.41 Å². The van der Waals surface area contributed by atoms with Gasteiger partial charge < -0.3 is 10.4 Å². The van der Waals surface area contributed by atoms with E-state index in [0.29, 0.717) is 12.8 Å². The summed E-state index contributed by atoms with van der Waals surface area (Å²) >= 11 is 0. The topological polar surface area (TPSA) is 66.4 Å². The van der Waals surface area contributed by atoms with Gasteiger partial charge in [0.05, 0.1) is 0 Å². The summed E-state index contributed by atoms with van der Waals surface area (Å²) < 4.78 is 0. The van der Waals surface area contributed by atoms with Gasteiger partial charge in [0.2, 0.25) is 5.91 Å². The van der Waals surface area contributed by atoms with E-state index in [2.05, 4.69) is 5.32 Å². The summed E-state index contributed by atoms with van der Waals surface area (Å²) in [6, 6.07) is 3.97. The number of carboxylic acids is 1. The summed E-state index contributed by atoms with van der Waals surface area (Å²) in [6.45, 7) is 5.84. The van der Waals surface area contributed by atoms with Crippen LogP contribution in [0, 0.1) is 26.2 Å². The maximum Gasteiger partial charge on any atom is 0.319 e. The van der Waals surface area contributed by atoms with E-state index in [4.69, 9.17) is 0 Å². The van der Waals surface area contributed by atoms with E-state index in [1.807, 2.05) is 32.9 Å². The summed E-state index contributed by atoms with van der Waals surface area (Å²) in [7, 11) is 0.